The van der Waals surface area contributed by atoms with Crippen molar-refractivity contribution in [3.8, 4) is 0 Å². The van der Waals surface area contributed by atoms with Gasteiger partial charge in [-0.2, -0.15) is 0 Å². The fourth-order valence-corrected chi connectivity index (χ4v) is 2.53. The predicted octanol–water partition coefficient (Wildman–Crippen LogP) is 0.647. The molecule has 2 rings (SSSR count). The van der Waals surface area contributed by atoms with Crippen molar-refractivity contribution < 1.29 is 14.4 Å². The number of carbonyl (C=O) groups excluding carboxylic acids is 3. The van der Waals surface area contributed by atoms with E-state index in [1.54, 1.807) is 24.8 Å². The van der Waals surface area contributed by atoms with Gasteiger partial charge in [0.05, 0.1) is 0 Å². The Morgan fingerprint density at radius 3 is 2.84 bits per heavy atom. The number of hydrogen-bond acceptors (Lipinski definition) is 3. The Morgan fingerprint density at radius 1 is 1.53 bits per heavy atom. The fourth-order valence-electron chi connectivity index (χ4n) is 2.53. The normalized spacial score (nSPS) is 26.9. The van der Waals surface area contributed by atoms with Crippen LogP contribution in [0.4, 0.5) is 0 Å². The van der Waals surface area contributed by atoms with E-state index < -0.39 is 11.5 Å². The van der Waals surface area contributed by atoms with Gasteiger partial charge in [-0.15, -0.1) is 6.58 Å². The van der Waals surface area contributed by atoms with Gasteiger partial charge in [0.2, 0.25) is 11.8 Å². The Kier molecular flexibility index (Phi) is 3.47. The number of carbonyl (C=O) groups is 3. The van der Waals surface area contributed by atoms with E-state index in [0.29, 0.717) is 6.54 Å². The monoisotopic (exact) mass is 264 g/mol. The van der Waals surface area contributed by atoms with Gasteiger partial charge in [0.1, 0.15) is 17.9 Å². The molecule has 2 aliphatic rings. The summed E-state index contributed by atoms with van der Waals surface area (Å²) in [6.07, 6.45) is 3.18. The van der Waals surface area contributed by atoms with Crippen LogP contribution < -0.4 is 5.32 Å². The number of piperazine rings is 1. The summed E-state index contributed by atoms with van der Waals surface area (Å²) in [4.78, 5) is 37.9. The first kappa shape index (κ1) is 13.8. The highest BCUT2D eigenvalue weighted by atomic mass is 16.2. The zero-order valence-electron chi connectivity index (χ0n) is 11.4. The topological polar surface area (TPSA) is 66.5 Å². The molecule has 2 heterocycles. The maximum absolute atomic E-state index is 12.2. The van der Waals surface area contributed by atoms with Gasteiger partial charge in [-0.05, 0) is 26.7 Å². The van der Waals surface area contributed by atoms with Crippen LogP contribution in [0.5, 0.6) is 0 Å². The lowest BCUT2D eigenvalue weighted by Gasteiger charge is -2.35. The first-order valence-electron chi connectivity index (χ1n) is 6.64. The molecule has 2 amide bonds. The molecule has 19 heavy (non-hydrogen) atoms. The van der Waals surface area contributed by atoms with Gasteiger partial charge in [-0.25, -0.2) is 0 Å². The van der Waals surface area contributed by atoms with Crippen LogP contribution in [-0.4, -0.2) is 41.1 Å². The molecule has 5 nitrogen and oxygen atoms in total. The van der Waals surface area contributed by atoms with Crippen molar-refractivity contribution in [2.45, 2.75) is 45.2 Å². The molecule has 2 atom stereocenters. The van der Waals surface area contributed by atoms with E-state index in [1.807, 2.05) is 0 Å². The average Bonchev–Trinajstić information content (AvgIpc) is 2.85. The SMILES string of the molecule is C=CC(C)(C)C(=O)CC1NC(=O)C2CCCN2C1=O. The number of rotatable bonds is 4. The third kappa shape index (κ3) is 2.41. The lowest BCUT2D eigenvalue weighted by atomic mass is 9.84. The Labute approximate surface area is 113 Å². The lowest BCUT2D eigenvalue weighted by Crippen LogP contribution is -2.61. The van der Waals surface area contributed by atoms with Crippen LogP contribution in [0.1, 0.15) is 33.1 Å². The van der Waals surface area contributed by atoms with Crippen molar-refractivity contribution >= 4 is 17.6 Å². The summed E-state index contributed by atoms with van der Waals surface area (Å²) >= 11 is 0. The Bertz CT molecular complexity index is 442. The Morgan fingerprint density at radius 2 is 2.21 bits per heavy atom. The van der Waals surface area contributed by atoms with Crippen molar-refractivity contribution in [3.63, 3.8) is 0 Å². The smallest absolute Gasteiger partial charge is 0.246 e. The molecule has 1 N–H and O–H groups in total. The lowest BCUT2D eigenvalue weighted by molar-refractivity contribution is -0.148. The minimum Gasteiger partial charge on any atom is -0.342 e. The highest BCUT2D eigenvalue weighted by Gasteiger charge is 2.44. The summed E-state index contributed by atoms with van der Waals surface area (Å²) in [5, 5.41) is 2.68. The summed E-state index contributed by atoms with van der Waals surface area (Å²) in [6.45, 7) is 7.77. The number of nitrogens with one attached hydrogen (secondary N) is 1. The molecule has 0 aromatic rings. The third-order valence-corrected chi connectivity index (χ3v) is 4.07. The number of ketones is 1. The molecular formula is C14H20N2O3. The average molecular weight is 264 g/mol. The van der Waals surface area contributed by atoms with Gasteiger partial charge in [0.25, 0.3) is 0 Å². The summed E-state index contributed by atoms with van der Waals surface area (Å²) in [6, 6.07) is -1.04. The van der Waals surface area contributed by atoms with Crippen molar-refractivity contribution in [3.05, 3.63) is 12.7 Å². The van der Waals surface area contributed by atoms with E-state index in [4.69, 9.17) is 0 Å². The first-order chi connectivity index (χ1) is 8.86. The van der Waals surface area contributed by atoms with Crippen LogP contribution in [0, 0.1) is 5.41 Å². The second-order valence-electron chi connectivity index (χ2n) is 5.80. The number of amides is 2. The van der Waals surface area contributed by atoms with E-state index >= 15 is 0 Å². The molecule has 2 unspecified atom stereocenters. The summed E-state index contributed by atoms with van der Waals surface area (Å²) < 4.78 is 0. The third-order valence-electron chi connectivity index (χ3n) is 4.07. The molecule has 0 radical (unpaired) electrons. The predicted molar refractivity (Wildman–Crippen MR) is 70.3 cm³/mol. The Balaban J connectivity index is 2.09. The van der Waals surface area contributed by atoms with Gasteiger partial charge < -0.3 is 10.2 Å². The summed E-state index contributed by atoms with van der Waals surface area (Å²) in [7, 11) is 0. The maximum atomic E-state index is 12.2. The molecular weight excluding hydrogens is 244 g/mol. The standard InChI is InChI=1S/C14H20N2O3/c1-4-14(2,3)11(17)8-9-13(19)16-7-5-6-10(16)12(18)15-9/h4,9-10H,1,5-8H2,2-3H3,(H,15,18). The first-order valence-corrected chi connectivity index (χ1v) is 6.64. The summed E-state index contributed by atoms with van der Waals surface area (Å²) in [5.41, 5.74) is -0.674. The van der Waals surface area contributed by atoms with Crippen molar-refractivity contribution in [1.82, 2.24) is 10.2 Å². The van der Waals surface area contributed by atoms with E-state index in [0.717, 1.165) is 12.8 Å². The van der Waals surface area contributed by atoms with Crippen LogP contribution in [0.15, 0.2) is 12.7 Å². The van der Waals surface area contributed by atoms with Crippen LogP contribution >= 0.6 is 0 Å². The van der Waals surface area contributed by atoms with E-state index in [9.17, 15) is 14.4 Å². The van der Waals surface area contributed by atoms with Gasteiger partial charge in [0.15, 0.2) is 0 Å². The zero-order valence-corrected chi connectivity index (χ0v) is 11.4. The highest BCUT2D eigenvalue weighted by Crippen LogP contribution is 2.25. The van der Waals surface area contributed by atoms with Gasteiger partial charge in [-0.3, -0.25) is 14.4 Å². The zero-order chi connectivity index (χ0) is 14.2. The number of allylic oxidation sites excluding steroid dienone is 1. The second-order valence-corrected chi connectivity index (χ2v) is 5.80. The molecule has 104 valence electrons. The van der Waals surface area contributed by atoms with Crippen molar-refractivity contribution in [2.75, 3.05) is 6.54 Å². The van der Waals surface area contributed by atoms with Crippen LogP contribution in [-0.2, 0) is 14.4 Å². The fraction of sp³-hybridized carbons (Fsp3) is 0.643. The molecule has 0 aromatic carbocycles. The molecule has 0 aromatic heterocycles. The van der Waals surface area contributed by atoms with E-state index in [1.165, 1.54) is 0 Å². The van der Waals surface area contributed by atoms with E-state index in [-0.39, 0.29) is 30.1 Å². The number of nitrogens with zero attached hydrogens (tertiary/aromatic N) is 1. The van der Waals surface area contributed by atoms with E-state index in [2.05, 4.69) is 11.9 Å². The van der Waals surface area contributed by atoms with Gasteiger partial charge in [0, 0.05) is 18.4 Å². The largest absolute Gasteiger partial charge is 0.342 e. The summed E-state index contributed by atoms with van der Waals surface area (Å²) in [5.74, 6) is -0.347. The molecule has 2 saturated heterocycles. The van der Waals surface area contributed by atoms with Crippen molar-refractivity contribution in [1.29, 1.82) is 0 Å². The molecule has 2 aliphatic heterocycles. The minimum absolute atomic E-state index is 0.0345. The van der Waals surface area contributed by atoms with Gasteiger partial charge in [-0.1, -0.05) is 6.08 Å². The quantitative estimate of drug-likeness (QED) is 0.758. The highest BCUT2D eigenvalue weighted by molar-refractivity contribution is 6.00. The van der Waals surface area contributed by atoms with Crippen LogP contribution in [0.25, 0.3) is 0 Å². The molecule has 0 bridgehead atoms. The second kappa shape index (κ2) is 4.79. The number of Topliss-reactive ketones (excluding diaryl/α,β-unsaturated/α-hetero) is 1. The Hall–Kier alpha value is -1.65. The van der Waals surface area contributed by atoms with Crippen LogP contribution in [0.2, 0.25) is 0 Å². The molecule has 0 spiro atoms. The number of hydrogen-bond donors (Lipinski definition) is 1. The minimum atomic E-state index is -0.714. The maximum Gasteiger partial charge on any atom is 0.246 e. The van der Waals surface area contributed by atoms with Gasteiger partial charge >= 0.3 is 0 Å². The number of fused-ring (bicyclic) bond motifs is 1. The molecule has 5 heteroatoms. The molecule has 0 aliphatic carbocycles. The molecule has 0 saturated carbocycles. The van der Waals surface area contributed by atoms with Crippen LogP contribution in [0.3, 0.4) is 0 Å². The molecule has 2 fully saturated rings. The van der Waals surface area contributed by atoms with Crippen molar-refractivity contribution in [2.24, 2.45) is 5.41 Å².